The van der Waals surface area contributed by atoms with Crippen molar-refractivity contribution in [3.05, 3.63) is 12.2 Å². The Labute approximate surface area is 64.7 Å². The molecule has 1 unspecified atom stereocenters. The Bertz CT molecular complexity index is 171. The molecule has 0 aromatic rings. The van der Waals surface area contributed by atoms with Crippen molar-refractivity contribution < 1.29 is 15.0 Å². The van der Waals surface area contributed by atoms with Gasteiger partial charge in [-0.3, -0.25) is 4.90 Å². The lowest BCUT2D eigenvalue weighted by Gasteiger charge is -2.15. The molecule has 11 heavy (non-hydrogen) atoms. The molecule has 0 aromatic carbocycles. The van der Waals surface area contributed by atoms with Crippen LogP contribution in [-0.2, 0) is 4.79 Å². The summed E-state index contributed by atoms with van der Waals surface area (Å²) >= 11 is 0. The van der Waals surface area contributed by atoms with E-state index in [-0.39, 0.29) is 6.54 Å². The zero-order valence-corrected chi connectivity index (χ0v) is 6.10. The van der Waals surface area contributed by atoms with E-state index in [1.807, 2.05) is 17.1 Å². The lowest BCUT2D eigenvalue weighted by molar-refractivity contribution is -0.147. The standard InChI is InChI=1S/C7H11NO3/c9-6(7(10)11)5-8-3-1-2-4-8/h1-2,6,9H,3-5H2,(H,10,11). The number of carbonyl (C=O) groups is 1. The Balaban J connectivity index is 2.25. The summed E-state index contributed by atoms with van der Waals surface area (Å²) in [5.74, 6) is -1.16. The van der Waals surface area contributed by atoms with Crippen LogP contribution >= 0.6 is 0 Å². The minimum Gasteiger partial charge on any atom is -0.479 e. The Morgan fingerprint density at radius 2 is 2.09 bits per heavy atom. The molecule has 0 spiro atoms. The maximum Gasteiger partial charge on any atom is 0.333 e. The molecule has 0 aromatic heterocycles. The van der Waals surface area contributed by atoms with E-state index < -0.39 is 12.1 Å². The van der Waals surface area contributed by atoms with E-state index in [0.717, 1.165) is 13.1 Å². The first-order chi connectivity index (χ1) is 5.20. The fourth-order valence-electron chi connectivity index (χ4n) is 0.993. The van der Waals surface area contributed by atoms with E-state index in [9.17, 15) is 4.79 Å². The second-order valence-corrected chi connectivity index (χ2v) is 2.54. The molecule has 1 aliphatic rings. The summed E-state index contributed by atoms with van der Waals surface area (Å²) in [7, 11) is 0. The van der Waals surface area contributed by atoms with Crippen molar-refractivity contribution >= 4 is 5.97 Å². The molecular weight excluding hydrogens is 146 g/mol. The molecule has 1 aliphatic heterocycles. The van der Waals surface area contributed by atoms with Crippen molar-refractivity contribution in [3.8, 4) is 0 Å². The molecule has 0 saturated heterocycles. The van der Waals surface area contributed by atoms with E-state index in [0.29, 0.717) is 0 Å². The van der Waals surface area contributed by atoms with Crippen molar-refractivity contribution in [2.45, 2.75) is 6.10 Å². The molecule has 1 heterocycles. The van der Waals surface area contributed by atoms with Gasteiger partial charge in [-0.25, -0.2) is 4.79 Å². The van der Waals surface area contributed by atoms with Crippen molar-refractivity contribution in [1.82, 2.24) is 4.90 Å². The average molecular weight is 157 g/mol. The molecule has 1 atom stereocenters. The highest BCUT2D eigenvalue weighted by molar-refractivity contribution is 5.72. The third kappa shape index (κ3) is 2.32. The maximum absolute atomic E-state index is 10.2. The molecule has 2 N–H and O–H groups in total. The van der Waals surface area contributed by atoms with Crippen molar-refractivity contribution in [2.75, 3.05) is 19.6 Å². The Morgan fingerprint density at radius 1 is 1.55 bits per heavy atom. The van der Waals surface area contributed by atoms with Crippen LogP contribution in [0, 0.1) is 0 Å². The Hall–Kier alpha value is -0.870. The first kappa shape index (κ1) is 8.23. The van der Waals surface area contributed by atoms with E-state index >= 15 is 0 Å². The van der Waals surface area contributed by atoms with Crippen molar-refractivity contribution in [3.63, 3.8) is 0 Å². The van der Waals surface area contributed by atoms with Gasteiger partial charge in [0.25, 0.3) is 0 Å². The van der Waals surface area contributed by atoms with Crippen LogP contribution in [0.4, 0.5) is 0 Å². The summed E-state index contributed by atoms with van der Waals surface area (Å²) in [6.45, 7) is 1.69. The zero-order chi connectivity index (χ0) is 8.27. The second kappa shape index (κ2) is 3.50. The monoisotopic (exact) mass is 157 g/mol. The number of hydrogen-bond acceptors (Lipinski definition) is 3. The third-order valence-electron chi connectivity index (χ3n) is 1.61. The maximum atomic E-state index is 10.2. The average Bonchev–Trinajstić information content (AvgIpc) is 2.39. The number of aliphatic carboxylic acids is 1. The van der Waals surface area contributed by atoms with Gasteiger partial charge in [0.1, 0.15) is 0 Å². The van der Waals surface area contributed by atoms with Gasteiger partial charge in [-0.2, -0.15) is 0 Å². The van der Waals surface area contributed by atoms with E-state index in [1.165, 1.54) is 0 Å². The summed E-state index contributed by atoms with van der Waals surface area (Å²) in [6, 6.07) is 0. The highest BCUT2D eigenvalue weighted by atomic mass is 16.4. The van der Waals surface area contributed by atoms with Crippen LogP contribution in [0.3, 0.4) is 0 Å². The number of hydrogen-bond donors (Lipinski definition) is 2. The minimum absolute atomic E-state index is 0.211. The molecule has 1 rings (SSSR count). The van der Waals surface area contributed by atoms with Gasteiger partial charge in [0, 0.05) is 19.6 Å². The lowest BCUT2D eigenvalue weighted by Crippen LogP contribution is -2.35. The topological polar surface area (TPSA) is 60.8 Å². The summed E-state index contributed by atoms with van der Waals surface area (Å²) in [5, 5.41) is 17.3. The molecule has 0 fully saturated rings. The smallest absolute Gasteiger partial charge is 0.333 e. The summed E-state index contributed by atoms with van der Waals surface area (Å²) in [6.07, 6.45) is 2.65. The van der Waals surface area contributed by atoms with Crippen LogP contribution < -0.4 is 0 Å². The third-order valence-corrected chi connectivity index (χ3v) is 1.61. The van der Waals surface area contributed by atoms with Gasteiger partial charge in [0.15, 0.2) is 6.10 Å². The van der Waals surface area contributed by atoms with Gasteiger partial charge in [-0.05, 0) is 0 Å². The number of β-amino-alcohol motifs (C(OH)–C–C–N with tert-alkyl or cyclic N) is 1. The number of carboxylic acids is 1. The minimum atomic E-state index is -1.25. The first-order valence-electron chi connectivity index (χ1n) is 3.48. The molecule has 0 bridgehead atoms. The van der Waals surface area contributed by atoms with E-state index in [4.69, 9.17) is 10.2 Å². The molecule has 0 radical (unpaired) electrons. The Kier molecular flexibility index (Phi) is 2.62. The normalized spacial score (nSPS) is 20.5. The molecule has 0 aliphatic carbocycles. The van der Waals surface area contributed by atoms with Gasteiger partial charge in [-0.15, -0.1) is 0 Å². The predicted molar refractivity (Wildman–Crippen MR) is 39.2 cm³/mol. The number of carboxylic acid groups (broad SMARTS) is 1. The molecule has 4 nitrogen and oxygen atoms in total. The number of rotatable bonds is 3. The van der Waals surface area contributed by atoms with Crippen LogP contribution in [0.25, 0.3) is 0 Å². The van der Waals surface area contributed by atoms with Gasteiger partial charge in [0.05, 0.1) is 0 Å². The number of nitrogens with zero attached hydrogens (tertiary/aromatic N) is 1. The van der Waals surface area contributed by atoms with Gasteiger partial charge >= 0.3 is 5.97 Å². The van der Waals surface area contributed by atoms with Crippen LogP contribution in [0.2, 0.25) is 0 Å². The van der Waals surface area contributed by atoms with Gasteiger partial charge < -0.3 is 10.2 Å². The zero-order valence-electron chi connectivity index (χ0n) is 6.10. The summed E-state index contributed by atoms with van der Waals surface area (Å²) < 4.78 is 0. The van der Waals surface area contributed by atoms with Crippen LogP contribution in [-0.4, -0.2) is 46.8 Å². The second-order valence-electron chi connectivity index (χ2n) is 2.54. The van der Waals surface area contributed by atoms with Crippen LogP contribution in [0.1, 0.15) is 0 Å². The molecule has 0 amide bonds. The summed E-state index contributed by atoms with van der Waals surface area (Å²) in [5.41, 5.74) is 0. The first-order valence-corrected chi connectivity index (χ1v) is 3.48. The highest BCUT2D eigenvalue weighted by Crippen LogP contribution is 1.99. The molecule has 0 saturated carbocycles. The fourth-order valence-corrected chi connectivity index (χ4v) is 0.993. The molecular formula is C7H11NO3. The number of aliphatic hydroxyl groups is 1. The van der Waals surface area contributed by atoms with Crippen molar-refractivity contribution in [2.24, 2.45) is 0 Å². The van der Waals surface area contributed by atoms with E-state index in [2.05, 4.69) is 0 Å². The highest BCUT2D eigenvalue weighted by Gasteiger charge is 2.17. The fraction of sp³-hybridized carbons (Fsp3) is 0.571. The SMILES string of the molecule is O=C(O)C(O)CN1CC=CC1. The van der Waals surface area contributed by atoms with Gasteiger partial charge in [-0.1, -0.05) is 12.2 Å². The molecule has 4 heteroatoms. The lowest BCUT2D eigenvalue weighted by atomic mass is 10.3. The van der Waals surface area contributed by atoms with Gasteiger partial charge in [0.2, 0.25) is 0 Å². The summed E-state index contributed by atoms with van der Waals surface area (Å²) in [4.78, 5) is 12.0. The molecule has 62 valence electrons. The predicted octanol–water partition coefficient (Wildman–Crippen LogP) is -0.696. The van der Waals surface area contributed by atoms with Crippen molar-refractivity contribution in [1.29, 1.82) is 0 Å². The van der Waals surface area contributed by atoms with Crippen LogP contribution in [0.15, 0.2) is 12.2 Å². The quantitative estimate of drug-likeness (QED) is 0.532. The van der Waals surface area contributed by atoms with Crippen LogP contribution in [0.5, 0.6) is 0 Å². The number of aliphatic hydroxyl groups excluding tert-OH is 1. The van der Waals surface area contributed by atoms with E-state index in [1.54, 1.807) is 0 Å². The largest absolute Gasteiger partial charge is 0.479 e. The Morgan fingerprint density at radius 3 is 2.55 bits per heavy atom.